The third-order valence-electron chi connectivity index (χ3n) is 5.01. The number of hydrogen-bond donors (Lipinski definition) is 2. The summed E-state index contributed by atoms with van der Waals surface area (Å²) >= 11 is 1.66. The quantitative estimate of drug-likeness (QED) is 0.654. The van der Waals surface area contributed by atoms with E-state index < -0.39 is 0 Å². The van der Waals surface area contributed by atoms with Gasteiger partial charge < -0.3 is 15.0 Å². The number of aliphatic imine (C=N–C) groups is 1. The first kappa shape index (κ1) is 18.5. The molecule has 8 heteroatoms. The smallest absolute Gasteiger partial charge is 0.273 e. The van der Waals surface area contributed by atoms with Crippen molar-refractivity contribution in [2.75, 3.05) is 25.5 Å². The number of amidine groups is 1. The first-order valence-corrected chi connectivity index (χ1v) is 10.4. The van der Waals surface area contributed by atoms with Crippen LogP contribution < -0.4 is 10.1 Å². The molecule has 0 bridgehead atoms. The second-order valence-electron chi connectivity index (χ2n) is 6.84. The van der Waals surface area contributed by atoms with E-state index in [1.807, 2.05) is 48.5 Å². The number of aromatic amines is 1. The van der Waals surface area contributed by atoms with Crippen LogP contribution in [0.2, 0.25) is 0 Å². The Morgan fingerprint density at radius 1 is 1.20 bits per heavy atom. The number of carbonyl (C=O) groups excluding carboxylic acids is 1. The summed E-state index contributed by atoms with van der Waals surface area (Å²) in [5.41, 5.74) is 4.84. The highest BCUT2D eigenvalue weighted by Crippen LogP contribution is 2.35. The maximum absolute atomic E-state index is 12.7. The van der Waals surface area contributed by atoms with E-state index in [4.69, 9.17) is 4.74 Å². The highest BCUT2D eigenvalue weighted by Gasteiger charge is 2.26. The number of H-pyrrole nitrogens is 1. The van der Waals surface area contributed by atoms with Crippen molar-refractivity contribution in [3.63, 3.8) is 0 Å². The van der Waals surface area contributed by atoms with Gasteiger partial charge in [0.1, 0.15) is 11.4 Å². The number of carbonyl (C=O) groups is 1. The molecule has 7 nitrogen and oxygen atoms in total. The Kier molecular flexibility index (Phi) is 4.76. The van der Waals surface area contributed by atoms with Gasteiger partial charge in [-0.3, -0.25) is 14.9 Å². The molecule has 0 aliphatic carbocycles. The molecule has 1 aromatic heterocycles. The van der Waals surface area contributed by atoms with E-state index in [0.717, 1.165) is 40.8 Å². The first-order valence-electron chi connectivity index (χ1n) is 9.52. The molecule has 2 aliphatic heterocycles. The Hall–Kier alpha value is -3.52. The molecule has 30 heavy (non-hydrogen) atoms. The lowest BCUT2D eigenvalue weighted by Crippen LogP contribution is -2.19. The highest BCUT2D eigenvalue weighted by atomic mass is 32.2. The Morgan fingerprint density at radius 2 is 2.03 bits per heavy atom. The molecule has 2 aliphatic rings. The lowest BCUT2D eigenvalue weighted by Gasteiger charge is -2.16. The largest absolute Gasteiger partial charge is 0.496 e. The fourth-order valence-corrected chi connectivity index (χ4v) is 4.47. The summed E-state index contributed by atoms with van der Waals surface area (Å²) in [5.74, 6) is 0.457. The molecule has 3 aromatic rings. The monoisotopic (exact) mass is 417 g/mol. The molecule has 2 aromatic carbocycles. The van der Waals surface area contributed by atoms with Crippen molar-refractivity contribution in [3.05, 3.63) is 71.3 Å². The number of aromatic nitrogens is 2. The summed E-state index contributed by atoms with van der Waals surface area (Å²) < 4.78 is 5.37. The van der Waals surface area contributed by atoms with Gasteiger partial charge in [0.25, 0.3) is 5.91 Å². The van der Waals surface area contributed by atoms with Gasteiger partial charge in [-0.2, -0.15) is 5.10 Å². The number of methoxy groups -OCH3 is 1. The Bertz CT molecular complexity index is 1170. The minimum Gasteiger partial charge on any atom is -0.496 e. The predicted octanol–water partition coefficient (Wildman–Crippen LogP) is 4.05. The number of hydrogen-bond acceptors (Lipinski definition) is 6. The van der Waals surface area contributed by atoms with Crippen molar-refractivity contribution < 1.29 is 9.53 Å². The average molecular weight is 417 g/mol. The normalized spacial score (nSPS) is 14.9. The zero-order chi connectivity index (χ0) is 20.5. The molecule has 0 radical (unpaired) electrons. The van der Waals surface area contributed by atoms with Gasteiger partial charge in [-0.05, 0) is 35.9 Å². The summed E-state index contributed by atoms with van der Waals surface area (Å²) in [4.78, 5) is 19.4. The van der Waals surface area contributed by atoms with Gasteiger partial charge in [-0.25, -0.2) is 0 Å². The summed E-state index contributed by atoms with van der Waals surface area (Å²) in [7, 11) is 1.61. The van der Waals surface area contributed by atoms with Crippen LogP contribution in [0.4, 0.5) is 5.69 Å². The number of thioether (sulfide) groups is 1. The van der Waals surface area contributed by atoms with Gasteiger partial charge in [-0.1, -0.05) is 36.0 Å². The van der Waals surface area contributed by atoms with E-state index in [9.17, 15) is 4.79 Å². The minimum absolute atomic E-state index is 0.249. The number of amides is 1. The standard InChI is InChI=1S/C22H19N5O2S/c1-29-20-5-3-2-4-16(20)17-12-18(26-25-17)21(28)24-15-8-6-14(7-9-15)19-13-30-22-23-10-11-27(19)22/h2-9,12-13H,10-11H2,1H3,(H,24,28)(H,25,26). The first-order chi connectivity index (χ1) is 14.7. The SMILES string of the molecule is COc1ccccc1-c1cc(C(=O)Nc2ccc(C3=CSC4=NCCN34)cc2)[nH]n1. The number of fused-ring (bicyclic) bond motifs is 1. The number of anilines is 1. The van der Waals surface area contributed by atoms with Crippen molar-refractivity contribution in [3.8, 4) is 17.0 Å². The van der Waals surface area contributed by atoms with E-state index in [1.54, 1.807) is 24.9 Å². The Labute approximate surface area is 177 Å². The molecule has 0 saturated carbocycles. The third-order valence-corrected chi connectivity index (χ3v) is 5.91. The van der Waals surface area contributed by atoms with Crippen LogP contribution >= 0.6 is 11.8 Å². The molecule has 3 heterocycles. The fourth-order valence-electron chi connectivity index (χ4n) is 3.50. The summed E-state index contributed by atoms with van der Waals surface area (Å²) in [5, 5.41) is 13.2. The molecule has 150 valence electrons. The number of para-hydroxylation sites is 1. The second kappa shape index (κ2) is 7.72. The van der Waals surface area contributed by atoms with E-state index in [0.29, 0.717) is 17.1 Å². The summed E-state index contributed by atoms with van der Waals surface area (Å²) in [6.07, 6.45) is 0. The number of benzene rings is 2. The zero-order valence-electron chi connectivity index (χ0n) is 16.3. The van der Waals surface area contributed by atoms with Crippen LogP contribution in [0, 0.1) is 0 Å². The van der Waals surface area contributed by atoms with Crippen LogP contribution in [0.5, 0.6) is 5.75 Å². The number of ether oxygens (including phenoxy) is 1. The predicted molar refractivity (Wildman–Crippen MR) is 120 cm³/mol. The molecule has 0 fully saturated rings. The van der Waals surface area contributed by atoms with Crippen molar-refractivity contribution in [1.29, 1.82) is 0 Å². The minimum atomic E-state index is -0.249. The van der Waals surface area contributed by atoms with Crippen molar-refractivity contribution in [2.24, 2.45) is 4.99 Å². The Morgan fingerprint density at radius 3 is 2.87 bits per heavy atom. The lowest BCUT2D eigenvalue weighted by atomic mass is 10.1. The number of rotatable bonds is 5. The van der Waals surface area contributed by atoms with E-state index in [1.165, 1.54) is 0 Å². The second-order valence-corrected chi connectivity index (χ2v) is 7.67. The zero-order valence-corrected chi connectivity index (χ0v) is 17.1. The molecule has 1 amide bonds. The Balaban J connectivity index is 1.29. The fraction of sp³-hybridized carbons (Fsp3) is 0.136. The molecular weight excluding hydrogens is 398 g/mol. The molecule has 0 spiro atoms. The topological polar surface area (TPSA) is 82.6 Å². The summed E-state index contributed by atoms with van der Waals surface area (Å²) in [6.45, 7) is 1.76. The average Bonchev–Trinajstić information content (AvgIpc) is 3.51. The van der Waals surface area contributed by atoms with Crippen LogP contribution in [-0.4, -0.2) is 46.4 Å². The molecule has 0 saturated heterocycles. The van der Waals surface area contributed by atoms with Gasteiger partial charge in [0.2, 0.25) is 0 Å². The van der Waals surface area contributed by atoms with E-state index >= 15 is 0 Å². The van der Waals surface area contributed by atoms with Crippen molar-refractivity contribution in [2.45, 2.75) is 0 Å². The third kappa shape index (κ3) is 3.35. The maximum Gasteiger partial charge on any atom is 0.273 e. The van der Waals surface area contributed by atoms with Crippen LogP contribution in [0.15, 0.2) is 65.0 Å². The number of nitrogens with one attached hydrogen (secondary N) is 2. The van der Waals surface area contributed by atoms with Gasteiger partial charge >= 0.3 is 0 Å². The molecule has 5 rings (SSSR count). The van der Waals surface area contributed by atoms with Crippen LogP contribution in [-0.2, 0) is 0 Å². The van der Waals surface area contributed by atoms with Gasteiger partial charge in [0.15, 0.2) is 5.17 Å². The van der Waals surface area contributed by atoms with Crippen LogP contribution in [0.25, 0.3) is 17.0 Å². The van der Waals surface area contributed by atoms with Crippen LogP contribution in [0.1, 0.15) is 16.1 Å². The molecular formula is C22H19N5O2S. The molecule has 0 atom stereocenters. The number of nitrogens with zero attached hydrogens (tertiary/aromatic N) is 3. The maximum atomic E-state index is 12.7. The van der Waals surface area contributed by atoms with Crippen molar-refractivity contribution >= 4 is 34.2 Å². The van der Waals surface area contributed by atoms with E-state index in [-0.39, 0.29) is 5.91 Å². The summed E-state index contributed by atoms with van der Waals surface area (Å²) in [6, 6.07) is 17.1. The highest BCUT2D eigenvalue weighted by molar-refractivity contribution is 8.16. The van der Waals surface area contributed by atoms with Crippen LogP contribution in [0.3, 0.4) is 0 Å². The molecule has 0 unspecified atom stereocenters. The van der Waals surface area contributed by atoms with Gasteiger partial charge in [0, 0.05) is 23.2 Å². The lowest BCUT2D eigenvalue weighted by molar-refractivity contribution is 0.102. The van der Waals surface area contributed by atoms with Gasteiger partial charge in [-0.15, -0.1) is 0 Å². The van der Waals surface area contributed by atoms with Gasteiger partial charge in [0.05, 0.1) is 25.0 Å². The van der Waals surface area contributed by atoms with Crippen molar-refractivity contribution in [1.82, 2.24) is 15.1 Å². The van der Waals surface area contributed by atoms with E-state index in [2.05, 4.69) is 30.8 Å². The molecule has 2 N–H and O–H groups in total.